The zero-order valence-electron chi connectivity index (χ0n) is 17.0. The van der Waals surface area contributed by atoms with Gasteiger partial charge in [-0.3, -0.25) is 14.5 Å². The number of hydrogen-bond acceptors (Lipinski definition) is 4. The van der Waals surface area contributed by atoms with Crippen molar-refractivity contribution in [1.82, 2.24) is 10.2 Å². The van der Waals surface area contributed by atoms with E-state index >= 15 is 0 Å². The summed E-state index contributed by atoms with van der Waals surface area (Å²) in [5, 5.41) is 6.12. The Morgan fingerprint density at radius 2 is 1.90 bits per heavy atom. The number of benzene rings is 2. The first-order chi connectivity index (χ1) is 14.2. The molecular weight excluding hydrogens is 406 g/mol. The molecule has 1 fully saturated rings. The fraction of sp³-hybridized carbons (Fsp3) is 0.318. The van der Waals surface area contributed by atoms with Gasteiger partial charge >= 0.3 is 6.09 Å². The van der Waals surface area contributed by atoms with Crippen molar-refractivity contribution in [3.63, 3.8) is 0 Å². The summed E-state index contributed by atoms with van der Waals surface area (Å²) in [5.41, 5.74) is 1.97. The highest BCUT2D eigenvalue weighted by molar-refractivity contribution is 6.30. The first-order valence-electron chi connectivity index (χ1n) is 9.64. The van der Waals surface area contributed by atoms with Crippen molar-refractivity contribution in [1.29, 1.82) is 0 Å². The summed E-state index contributed by atoms with van der Waals surface area (Å²) in [6, 6.07) is 13.1. The summed E-state index contributed by atoms with van der Waals surface area (Å²) in [5.74, 6) is -0.528. The minimum absolute atomic E-state index is 0.104. The third-order valence-electron chi connectivity index (χ3n) is 4.56. The standard InChI is InChI=1S/C22H24ClN3O4/c1-13(2)24-21(28)19-20(16-7-5-9-18(11-16)25-14(3)27)30-22(29)26(19)12-15-6-4-8-17(23)10-15/h4-11,13,19-20H,12H2,1-3H3,(H,24,28)(H,25,27). The van der Waals surface area contributed by atoms with Gasteiger partial charge < -0.3 is 15.4 Å². The lowest BCUT2D eigenvalue weighted by molar-refractivity contribution is -0.126. The lowest BCUT2D eigenvalue weighted by Crippen LogP contribution is -2.48. The highest BCUT2D eigenvalue weighted by Crippen LogP contribution is 2.35. The Bertz CT molecular complexity index is 963. The molecule has 2 N–H and O–H groups in total. The molecule has 30 heavy (non-hydrogen) atoms. The molecular formula is C22H24ClN3O4. The Morgan fingerprint density at radius 3 is 2.57 bits per heavy atom. The number of nitrogens with one attached hydrogen (secondary N) is 2. The third kappa shape index (κ3) is 5.10. The average molecular weight is 430 g/mol. The molecule has 3 rings (SSSR count). The van der Waals surface area contributed by atoms with E-state index in [1.807, 2.05) is 19.9 Å². The highest BCUT2D eigenvalue weighted by Gasteiger charge is 2.47. The summed E-state index contributed by atoms with van der Waals surface area (Å²) >= 11 is 6.07. The molecule has 2 aromatic carbocycles. The van der Waals surface area contributed by atoms with E-state index in [-0.39, 0.29) is 24.4 Å². The number of amides is 3. The van der Waals surface area contributed by atoms with Crippen LogP contribution in [0.3, 0.4) is 0 Å². The zero-order chi connectivity index (χ0) is 21.8. The van der Waals surface area contributed by atoms with E-state index in [1.54, 1.807) is 42.5 Å². The van der Waals surface area contributed by atoms with Gasteiger partial charge in [0.15, 0.2) is 12.1 Å². The minimum atomic E-state index is -0.869. The van der Waals surface area contributed by atoms with Crippen molar-refractivity contribution in [2.45, 2.75) is 45.5 Å². The molecule has 0 saturated carbocycles. The van der Waals surface area contributed by atoms with Crippen LogP contribution in [0.25, 0.3) is 0 Å². The minimum Gasteiger partial charge on any atom is -0.438 e. The molecule has 8 heteroatoms. The SMILES string of the molecule is CC(=O)Nc1cccc(C2OC(=O)N(Cc3cccc(Cl)c3)C2C(=O)NC(C)C)c1. The molecule has 0 radical (unpaired) electrons. The van der Waals surface area contributed by atoms with Crippen LogP contribution in [0.4, 0.5) is 10.5 Å². The van der Waals surface area contributed by atoms with Crippen molar-refractivity contribution in [3.8, 4) is 0 Å². The number of carbonyl (C=O) groups excluding carboxylic acids is 3. The van der Waals surface area contributed by atoms with Gasteiger partial charge in [-0.05, 0) is 49.2 Å². The van der Waals surface area contributed by atoms with Gasteiger partial charge in [-0.1, -0.05) is 35.9 Å². The Morgan fingerprint density at radius 1 is 1.17 bits per heavy atom. The Hall–Kier alpha value is -3.06. The van der Waals surface area contributed by atoms with Crippen LogP contribution < -0.4 is 10.6 Å². The molecule has 2 unspecified atom stereocenters. The average Bonchev–Trinajstić information content (AvgIpc) is 2.97. The number of hydrogen-bond donors (Lipinski definition) is 2. The Balaban J connectivity index is 1.95. The number of nitrogens with zero attached hydrogens (tertiary/aromatic N) is 1. The van der Waals surface area contributed by atoms with Crippen LogP contribution in [0.5, 0.6) is 0 Å². The van der Waals surface area contributed by atoms with Crippen molar-refractivity contribution >= 4 is 35.2 Å². The van der Waals surface area contributed by atoms with E-state index in [9.17, 15) is 14.4 Å². The maximum Gasteiger partial charge on any atom is 0.411 e. The largest absolute Gasteiger partial charge is 0.438 e. The van der Waals surface area contributed by atoms with Crippen LogP contribution in [0.1, 0.15) is 38.0 Å². The molecule has 7 nitrogen and oxygen atoms in total. The summed E-state index contributed by atoms with van der Waals surface area (Å²) in [7, 11) is 0. The van der Waals surface area contributed by atoms with E-state index in [1.165, 1.54) is 11.8 Å². The molecule has 2 atom stereocenters. The van der Waals surface area contributed by atoms with Crippen LogP contribution in [0.15, 0.2) is 48.5 Å². The fourth-order valence-corrected chi connectivity index (χ4v) is 3.62. The molecule has 0 spiro atoms. The molecule has 1 aliphatic heterocycles. The van der Waals surface area contributed by atoms with E-state index in [0.29, 0.717) is 16.3 Å². The molecule has 3 amide bonds. The molecule has 0 bridgehead atoms. The van der Waals surface area contributed by atoms with Crippen molar-refractivity contribution in [3.05, 3.63) is 64.7 Å². The van der Waals surface area contributed by atoms with Gasteiger partial charge in [-0.15, -0.1) is 0 Å². The van der Waals surface area contributed by atoms with Gasteiger partial charge in [0.1, 0.15) is 0 Å². The summed E-state index contributed by atoms with van der Waals surface area (Å²) < 4.78 is 5.62. The fourth-order valence-electron chi connectivity index (χ4n) is 3.41. The number of ether oxygens (including phenoxy) is 1. The van der Waals surface area contributed by atoms with E-state index < -0.39 is 18.2 Å². The van der Waals surface area contributed by atoms with Crippen LogP contribution in [0.2, 0.25) is 5.02 Å². The summed E-state index contributed by atoms with van der Waals surface area (Å²) in [6.07, 6.45) is -1.40. The number of carbonyl (C=O) groups is 3. The van der Waals surface area contributed by atoms with Gasteiger partial charge in [-0.2, -0.15) is 0 Å². The number of halogens is 1. The monoisotopic (exact) mass is 429 g/mol. The summed E-state index contributed by atoms with van der Waals surface area (Å²) in [4.78, 5) is 38.6. The molecule has 158 valence electrons. The van der Waals surface area contributed by atoms with E-state index in [2.05, 4.69) is 10.6 Å². The molecule has 2 aromatic rings. The number of anilines is 1. The van der Waals surface area contributed by atoms with Gasteiger partial charge in [0.25, 0.3) is 0 Å². The Labute approximate surface area is 180 Å². The predicted octanol–water partition coefficient (Wildman–Crippen LogP) is 3.89. The molecule has 1 saturated heterocycles. The van der Waals surface area contributed by atoms with Crippen LogP contribution in [0, 0.1) is 0 Å². The number of rotatable bonds is 6. The maximum atomic E-state index is 13.0. The van der Waals surface area contributed by atoms with Crippen molar-refractivity contribution in [2.24, 2.45) is 0 Å². The first kappa shape index (κ1) is 21.6. The lowest BCUT2D eigenvalue weighted by atomic mass is 10.00. The van der Waals surface area contributed by atoms with Gasteiger partial charge in [0.2, 0.25) is 11.8 Å². The van der Waals surface area contributed by atoms with Crippen LogP contribution in [-0.2, 0) is 20.9 Å². The topological polar surface area (TPSA) is 87.7 Å². The Kier molecular flexibility index (Phi) is 6.62. The van der Waals surface area contributed by atoms with Gasteiger partial charge in [0, 0.05) is 23.7 Å². The van der Waals surface area contributed by atoms with E-state index in [0.717, 1.165) is 5.56 Å². The second-order valence-electron chi connectivity index (χ2n) is 7.48. The van der Waals surface area contributed by atoms with Crippen molar-refractivity contribution in [2.75, 3.05) is 5.32 Å². The van der Waals surface area contributed by atoms with Gasteiger partial charge in [-0.25, -0.2) is 4.79 Å². The number of cyclic esters (lactones) is 1. The smallest absolute Gasteiger partial charge is 0.411 e. The van der Waals surface area contributed by atoms with Crippen LogP contribution >= 0.6 is 11.6 Å². The molecule has 1 aliphatic rings. The predicted molar refractivity (Wildman–Crippen MR) is 114 cm³/mol. The second-order valence-corrected chi connectivity index (χ2v) is 7.91. The third-order valence-corrected chi connectivity index (χ3v) is 4.80. The highest BCUT2D eigenvalue weighted by atomic mass is 35.5. The molecule has 1 heterocycles. The van der Waals surface area contributed by atoms with E-state index in [4.69, 9.17) is 16.3 Å². The second kappa shape index (κ2) is 9.17. The zero-order valence-corrected chi connectivity index (χ0v) is 17.8. The summed E-state index contributed by atoms with van der Waals surface area (Å²) in [6.45, 7) is 5.29. The quantitative estimate of drug-likeness (QED) is 0.729. The lowest BCUT2D eigenvalue weighted by Gasteiger charge is -2.25. The molecule has 0 aliphatic carbocycles. The first-order valence-corrected chi connectivity index (χ1v) is 10.0. The van der Waals surface area contributed by atoms with Crippen LogP contribution in [-0.4, -0.2) is 34.9 Å². The molecule has 0 aromatic heterocycles. The normalized spacial score (nSPS) is 18.3. The maximum absolute atomic E-state index is 13.0. The van der Waals surface area contributed by atoms with Gasteiger partial charge in [0.05, 0.1) is 6.54 Å². The van der Waals surface area contributed by atoms with Crippen molar-refractivity contribution < 1.29 is 19.1 Å².